The van der Waals surface area contributed by atoms with Gasteiger partial charge in [-0.2, -0.15) is 11.8 Å². The van der Waals surface area contributed by atoms with E-state index < -0.39 is 0 Å². The summed E-state index contributed by atoms with van der Waals surface area (Å²) >= 11 is 1.92. The Bertz CT molecular complexity index is 297. The molecular formula is C14H29N3S. The van der Waals surface area contributed by atoms with E-state index in [9.17, 15) is 0 Å². The van der Waals surface area contributed by atoms with Gasteiger partial charge in [0.15, 0.2) is 5.96 Å². The van der Waals surface area contributed by atoms with Gasteiger partial charge in [0.1, 0.15) is 0 Å². The minimum absolute atomic E-state index is 0.189. The Morgan fingerprint density at radius 1 is 1.28 bits per heavy atom. The van der Waals surface area contributed by atoms with Gasteiger partial charge in [-0.25, -0.2) is 0 Å². The van der Waals surface area contributed by atoms with Crippen LogP contribution in [0.5, 0.6) is 0 Å². The first-order valence-electron chi connectivity index (χ1n) is 6.84. The highest BCUT2D eigenvalue weighted by molar-refractivity contribution is 7.98. The van der Waals surface area contributed by atoms with Crippen molar-refractivity contribution in [1.29, 1.82) is 0 Å². The molecule has 0 saturated carbocycles. The van der Waals surface area contributed by atoms with Gasteiger partial charge in [-0.15, -0.1) is 0 Å². The Balaban J connectivity index is 2.40. The number of nitrogens with one attached hydrogen (secondary N) is 1. The van der Waals surface area contributed by atoms with Crippen LogP contribution in [0.2, 0.25) is 0 Å². The van der Waals surface area contributed by atoms with E-state index in [0.29, 0.717) is 5.41 Å². The standard InChI is InChI=1S/C14H29N3S/c1-13(2)11-17(14(13,3)4)12(15-5)16-9-7-8-10-18-6/h7-11H2,1-6H3,(H,15,16). The highest BCUT2D eigenvalue weighted by Gasteiger charge is 2.53. The Kier molecular flexibility index (Phi) is 5.38. The van der Waals surface area contributed by atoms with Crippen molar-refractivity contribution in [3.05, 3.63) is 0 Å². The fraction of sp³-hybridized carbons (Fsp3) is 0.929. The van der Waals surface area contributed by atoms with E-state index in [2.05, 4.69) is 49.2 Å². The van der Waals surface area contributed by atoms with E-state index in [-0.39, 0.29) is 5.54 Å². The van der Waals surface area contributed by atoms with Crippen molar-refractivity contribution in [2.75, 3.05) is 32.1 Å². The molecule has 18 heavy (non-hydrogen) atoms. The molecule has 0 aromatic rings. The van der Waals surface area contributed by atoms with Crippen LogP contribution in [0, 0.1) is 5.41 Å². The molecule has 1 heterocycles. The van der Waals surface area contributed by atoms with E-state index in [1.165, 1.54) is 18.6 Å². The van der Waals surface area contributed by atoms with Gasteiger partial charge in [0.05, 0.1) is 0 Å². The molecule has 0 atom stereocenters. The van der Waals surface area contributed by atoms with Crippen LogP contribution in [-0.2, 0) is 0 Å². The normalized spacial score (nSPS) is 21.7. The molecule has 0 aromatic carbocycles. The lowest BCUT2D eigenvalue weighted by atomic mass is 9.65. The van der Waals surface area contributed by atoms with Crippen LogP contribution >= 0.6 is 11.8 Å². The van der Waals surface area contributed by atoms with Crippen molar-refractivity contribution >= 4 is 17.7 Å². The monoisotopic (exact) mass is 271 g/mol. The molecule has 1 rings (SSSR count). The Labute approximate surface area is 117 Å². The van der Waals surface area contributed by atoms with Crippen LogP contribution in [0.3, 0.4) is 0 Å². The third-order valence-corrected chi connectivity index (χ3v) is 5.11. The van der Waals surface area contributed by atoms with Crippen LogP contribution in [0.1, 0.15) is 40.5 Å². The van der Waals surface area contributed by atoms with Crippen molar-refractivity contribution in [2.24, 2.45) is 10.4 Å². The fourth-order valence-electron chi connectivity index (χ4n) is 2.27. The summed E-state index contributed by atoms with van der Waals surface area (Å²) in [6.45, 7) is 11.4. The van der Waals surface area contributed by atoms with Crippen LogP contribution < -0.4 is 5.32 Å². The van der Waals surface area contributed by atoms with Crippen molar-refractivity contribution in [1.82, 2.24) is 10.2 Å². The zero-order chi connectivity index (χ0) is 13.8. The molecule has 1 aliphatic heterocycles. The summed E-state index contributed by atoms with van der Waals surface area (Å²) < 4.78 is 0. The lowest BCUT2D eigenvalue weighted by Gasteiger charge is -2.62. The van der Waals surface area contributed by atoms with Gasteiger partial charge in [-0.3, -0.25) is 4.99 Å². The van der Waals surface area contributed by atoms with Crippen molar-refractivity contribution in [2.45, 2.75) is 46.1 Å². The van der Waals surface area contributed by atoms with Crippen LogP contribution in [0.15, 0.2) is 4.99 Å². The average Bonchev–Trinajstić information content (AvgIpc) is 2.32. The number of likely N-dealkylation sites (tertiary alicyclic amines) is 1. The maximum atomic E-state index is 4.42. The number of unbranched alkanes of at least 4 members (excludes halogenated alkanes) is 1. The number of thioether (sulfide) groups is 1. The highest BCUT2D eigenvalue weighted by atomic mass is 32.2. The summed E-state index contributed by atoms with van der Waals surface area (Å²) in [7, 11) is 1.88. The van der Waals surface area contributed by atoms with Gasteiger partial charge in [0.2, 0.25) is 0 Å². The maximum Gasteiger partial charge on any atom is 0.194 e. The fourth-order valence-corrected chi connectivity index (χ4v) is 2.76. The zero-order valence-corrected chi connectivity index (χ0v) is 13.7. The lowest BCUT2D eigenvalue weighted by molar-refractivity contribution is -0.0667. The smallest absolute Gasteiger partial charge is 0.194 e. The van der Waals surface area contributed by atoms with Crippen molar-refractivity contribution < 1.29 is 0 Å². The number of hydrogen-bond acceptors (Lipinski definition) is 2. The molecule has 106 valence electrons. The largest absolute Gasteiger partial charge is 0.356 e. The van der Waals surface area contributed by atoms with Crippen LogP contribution in [0.25, 0.3) is 0 Å². The number of aliphatic imine (C=N–C) groups is 1. The molecule has 3 nitrogen and oxygen atoms in total. The van der Waals surface area contributed by atoms with E-state index in [1.807, 2.05) is 18.8 Å². The molecule has 1 fully saturated rings. The second kappa shape index (κ2) is 6.18. The Hall–Kier alpha value is -0.380. The van der Waals surface area contributed by atoms with E-state index in [1.54, 1.807) is 0 Å². The van der Waals surface area contributed by atoms with Crippen molar-refractivity contribution in [3.63, 3.8) is 0 Å². The van der Waals surface area contributed by atoms with E-state index in [0.717, 1.165) is 19.0 Å². The van der Waals surface area contributed by atoms with Gasteiger partial charge in [0.25, 0.3) is 0 Å². The third kappa shape index (κ3) is 3.14. The summed E-state index contributed by atoms with van der Waals surface area (Å²) in [6, 6.07) is 0. The second-order valence-electron chi connectivity index (χ2n) is 6.20. The highest BCUT2D eigenvalue weighted by Crippen LogP contribution is 2.46. The molecule has 0 aromatic heterocycles. The molecule has 0 radical (unpaired) electrons. The van der Waals surface area contributed by atoms with Crippen molar-refractivity contribution in [3.8, 4) is 0 Å². The van der Waals surface area contributed by atoms with Gasteiger partial charge < -0.3 is 10.2 Å². The first-order chi connectivity index (χ1) is 8.36. The lowest BCUT2D eigenvalue weighted by Crippen LogP contribution is -2.72. The van der Waals surface area contributed by atoms with Gasteiger partial charge >= 0.3 is 0 Å². The SMILES string of the molecule is CN=C(NCCCCSC)N1CC(C)(C)C1(C)C. The molecule has 4 heteroatoms. The second-order valence-corrected chi connectivity index (χ2v) is 7.19. The molecule has 1 saturated heterocycles. The van der Waals surface area contributed by atoms with E-state index in [4.69, 9.17) is 0 Å². The number of hydrogen-bond donors (Lipinski definition) is 1. The Morgan fingerprint density at radius 2 is 1.94 bits per heavy atom. The van der Waals surface area contributed by atoms with E-state index >= 15 is 0 Å². The number of nitrogens with zero attached hydrogens (tertiary/aromatic N) is 2. The summed E-state index contributed by atoms with van der Waals surface area (Å²) in [5.41, 5.74) is 0.553. The molecule has 1 aliphatic rings. The molecular weight excluding hydrogens is 242 g/mol. The van der Waals surface area contributed by atoms with Gasteiger partial charge in [-0.1, -0.05) is 13.8 Å². The maximum absolute atomic E-state index is 4.42. The first-order valence-corrected chi connectivity index (χ1v) is 8.23. The van der Waals surface area contributed by atoms with Crippen LogP contribution in [0.4, 0.5) is 0 Å². The average molecular weight is 271 g/mol. The summed E-state index contributed by atoms with van der Waals surface area (Å²) in [6.07, 6.45) is 4.66. The van der Waals surface area contributed by atoms with Crippen LogP contribution in [-0.4, -0.2) is 48.5 Å². The van der Waals surface area contributed by atoms with Gasteiger partial charge in [-0.05, 0) is 38.7 Å². The molecule has 1 N–H and O–H groups in total. The molecule has 0 unspecified atom stereocenters. The third-order valence-electron chi connectivity index (χ3n) is 4.41. The summed E-state index contributed by atoms with van der Waals surface area (Å²) in [5, 5.41) is 3.49. The summed E-state index contributed by atoms with van der Waals surface area (Å²) in [4.78, 5) is 6.81. The molecule has 0 spiro atoms. The molecule has 0 amide bonds. The predicted molar refractivity (Wildman–Crippen MR) is 83.5 cm³/mol. The predicted octanol–water partition coefficient (Wildman–Crippen LogP) is 2.83. The first kappa shape index (κ1) is 15.7. The zero-order valence-electron chi connectivity index (χ0n) is 12.8. The number of guanidine groups is 1. The Morgan fingerprint density at radius 3 is 2.39 bits per heavy atom. The quantitative estimate of drug-likeness (QED) is 0.473. The number of rotatable bonds is 5. The minimum atomic E-state index is 0.189. The molecule has 0 aliphatic carbocycles. The van der Waals surface area contributed by atoms with Gasteiger partial charge in [0, 0.05) is 31.1 Å². The minimum Gasteiger partial charge on any atom is -0.356 e. The topological polar surface area (TPSA) is 27.6 Å². The summed E-state index contributed by atoms with van der Waals surface area (Å²) in [5.74, 6) is 2.31. The molecule has 0 bridgehead atoms.